The Hall–Kier alpha value is -5.24. The Bertz CT molecular complexity index is 2250. The van der Waals surface area contributed by atoms with Gasteiger partial charge in [-0.2, -0.15) is 15.3 Å². The molecule has 2 N–H and O–H groups in total. The van der Waals surface area contributed by atoms with E-state index < -0.39 is 0 Å². The van der Waals surface area contributed by atoms with E-state index in [1.807, 2.05) is 69.9 Å². The first-order valence-corrected chi connectivity index (χ1v) is 20.6. The zero-order valence-corrected chi connectivity index (χ0v) is 35.2. The van der Waals surface area contributed by atoms with Crippen LogP contribution < -0.4 is 5.73 Å². The molecule has 57 heavy (non-hydrogen) atoms. The third kappa shape index (κ3) is 8.28. The van der Waals surface area contributed by atoms with Crippen molar-refractivity contribution in [1.82, 2.24) is 28.8 Å². The fraction of sp³-hybridized carbons (Fsp3) is 0.442. The maximum Gasteiger partial charge on any atom is 0.342 e. The van der Waals surface area contributed by atoms with Crippen molar-refractivity contribution in [3.63, 3.8) is 0 Å². The van der Waals surface area contributed by atoms with Crippen LogP contribution in [0.3, 0.4) is 0 Å². The van der Waals surface area contributed by atoms with E-state index in [9.17, 15) is 14.4 Å². The number of nitrogens with two attached hydrogens (primary N) is 1. The second-order valence-corrected chi connectivity index (χ2v) is 16.0. The molecular formula is C43H50BrN7O6. The van der Waals surface area contributed by atoms with Gasteiger partial charge in [-0.3, -0.25) is 0 Å². The van der Waals surface area contributed by atoms with Crippen molar-refractivity contribution in [3.8, 4) is 0 Å². The van der Waals surface area contributed by atoms with E-state index in [4.69, 9.17) is 19.9 Å². The summed E-state index contributed by atoms with van der Waals surface area (Å²) < 4.78 is 21.9. The Morgan fingerprint density at radius 2 is 0.930 bits per heavy atom. The van der Waals surface area contributed by atoms with Crippen LogP contribution in [0, 0.1) is 27.7 Å². The topological polar surface area (TPSA) is 157 Å². The molecule has 0 bridgehead atoms. The SMILES string of the molecule is CCOC(=O)c1c(C2CC2)nn2cc(C)c(Br)cc12.CCOC(=O)c1c(C2CC2)nn2cc(C)c(C)cc12.CCOC(=O)c1c(C2CC2)nn2cc(C)c(N)cc12. The predicted octanol–water partition coefficient (Wildman–Crippen LogP) is 8.74. The van der Waals surface area contributed by atoms with E-state index in [0.29, 0.717) is 60.0 Å². The van der Waals surface area contributed by atoms with Gasteiger partial charge in [0.25, 0.3) is 0 Å². The lowest BCUT2D eigenvalue weighted by atomic mass is 10.1. The normalized spacial score (nSPS) is 14.9. The standard InChI is InChI=1S/C15H18N2O2.C14H15BrN2O2.C14H17N3O2/c1-4-19-15(18)13-12-7-9(2)10(3)8-17(12)16-14(13)11-5-6-11;2*1-3-19-14(18)12-11-6-10(15)8(2)7-17(11)16-13(12)9-4-5-9/h7-8,11H,4-6H2,1-3H3;6-7,9H,3-5H2,1-2H3;6-7,9H,3-5,15H2,1-2H3. The largest absolute Gasteiger partial charge is 0.462 e. The van der Waals surface area contributed by atoms with Gasteiger partial charge in [0.15, 0.2) is 0 Å². The third-order valence-electron chi connectivity index (χ3n) is 10.6. The molecule has 0 spiro atoms. The van der Waals surface area contributed by atoms with Crippen LogP contribution in [-0.4, -0.2) is 66.6 Å². The average molecular weight is 841 g/mol. The van der Waals surface area contributed by atoms with Gasteiger partial charge >= 0.3 is 17.9 Å². The first kappa shape index (κ1) is 40.0. The van der Waals surface area contributed by atoms with Crippen LogP contribution in [0.5, 0.6) is 0 Å². The Morgan fingerprint density at radius 1 is 0.579 bits per heavy atom. The van der Waals surface area contributed by atoms with E-state index in [2.05, 4.69) is 38.1 Å². The van der Waals surface area contributed by atoms with E-state index in [1.165, 1.54) is 11.1 Å². The number of rotatable bonds is 9. The van der Waals surface area contributed by atoms with Crippen molar-refractivity contribution in [1.29, 1.82) is 0 Å². The van der Waals surface area contributed by atoms with Crippen LogP contribution in [-0.2, 0) is 14.2 Å². The maximum absolute atomic E-state index is 12.2. The smallest absolute Gasteiger partial charge is 0.342 e. The van der Waals surface area contributed by atoms with Crippen LogP contribution in [0.25, 0.3) is 16.6 Å². The lowest BCUT2D eigenvalue weighted by Gasteiger charge is -2.04. The third-order valence-corrected chi connectivity index (χ3v) is 11.4. The number of esters is 3. The number of pyridine rings is 3. The number of nitrogen functional groups attached to an aromatic ring is 1. The summed E-state index contributed by atoms with van der Waals surface area (Å²) >= 11 is 3.51. The van der Waals surface area contributed by atoms with Crippen molar-refractivity contribution in [3.05, 3.63) is 97.3 Å². The van der Waals surface area contributed by atoms with Crippen molar-refractivity contribution in [2.45, 2.75) is 105 Å². The maximum atomic E-state index is 12.2. The monoisotopic (exact) mass is 839 g/mol. The number of ether oxygens (including phenoxy) is 3. The van der Waals surface area contributed by atoms with E-state index in [-0.39, 0.29) is 17.9 Å². The minimum Gasteiger partial charge on any atom is -0.462 e. The molecule has 3 aliphatic carbocycles. The number of carbonyl (C=O) groups excluding carboxylic acids is 3. The van der Waals surface area contributed by atoms with E-state index in [1.54, 1.807) is 22.0 Å². The van der Waals surface area contributed by atoms with Crippen molar-refractivity contribution < 1.29 is 28.6 Å². The first-order valence-electron chi connectivity index (χ1n) is 19.8. The highest BCUT2D eigenvalue weighted by Crippen LogP contribution is 2.44. The highest BCUT2D eigenvalue weighted by molar-refractivity contribution is 9.10. The van der Waals surface area contributed by atoms with Gasteiger partial charge in [0.2, 0.25) is 0 Å². The van der Waals surface area contributed by atoms with Crippen LogP contribution in [0.1, 0.15) is 147 Å². The average Bonchev–Trinajstić information content (AvgIpc) is 4.08. The van der Waals surface area contributed by atoms with Gasteiger partial charge in [0.05, 0.1) is 53.5 Å². The molecule has 300 valence electrons. The fourth-order valence-electron chi connectivity index (χ4n) is 6.87. The highest BCUT2D eigenvalue weighted by atomic mass is 79.9. The van der Waals surface area contributed by atoms with E-state index in [0.717, 1.165) is 87.8 Å². The Labute approximate surface area is 340 Å². The van der Waals surface area contributed by atoms with Gasteiger partial charge in [-0.25, -0.2) is 27.9 Å². The first-order chi connectivity index (χ1) is 27.3. The van der Waals surface area contributed by atoms with Crippen LogP contribution >= 0.6 is 15.9 Å². The molecule has 6 aromatic rings. The Morgan fingerprint density at radius 3 is 1.32 bits per heavy atom. The van der Waals surface area contributed by atoms with Gasteiger partial charge in [0, 0.05) is 46.5 Å². The fourth-order valence-corrected chi connectivity index (χ4v) is 7.19. The van der Waals surface area contributed by atoms with Gasteiger partial charge in [-0.05, 0) is 127 Å². The Kier molecular flexibility index (Phi) is 11.4. The molecule has 0 saturated heterocycles. The molecule has 0 atom stereocenters. The molecule has 13 nitrogen and oxygen atoms in total. The number of carbonyl (C=O) groups is 3. The zero-order chi connectivity index (χ0) is 40.7. The molecule has 0 aromatic carbocycles. The lowest BCUT2D eigenvalue weighted by Crippen LogP contribution is -2.07. The molecule has 6 heterocycles. The summed E-state index contributed by atoms with van der Waals surface area (Å²) in [6.45, 7) is 14.6. The number of hydrogen-bond acceptors (Lipinski definition) is 10. The van der Waals surface area contributed by atoms with Crippen molar-refractivity contribution in [2.24, 2.45) is 0 Å². The molecule has 0 unspecified atom stereocenters. The molecule has 0 amide bonds. The summed E-state index contributed by atoms with van der Waals surface area (Å²) in [5.74, 6) is 0.416. The number of anilines is 1. The summed E-state index contributed by atoms with van der Waals surface area (Å²) in [4.78, 5) is 36.5. The zero-order valence-electron chi connectivity index (χ0n) is 33.6. The van der Waals surface area contributed by atoms with Crippen LogP contribution in [0.4, 0.5) is 5.69 Å². The molecule has 3 aliphatic rings. The molecular weight excluding hydrogens is 790 g/mol. The Balaban J connectivity index is 0.000000131. The van der Waals surface area contributed by atoms with Gasteiger partial charge in [-0.1, -0.05) is 15.9 Å². The molecule has 9 rings (SSSR count). The number of hydrogen-bond donors (Lipinski definition) is 1. The summed E-state index contributed by atoms with van der Waals surface area (Å²) in [5, 5.41) is 13.7. The summed E-state index contributed by atoms with van der Waals surface area (Å²) in [7, 11) is 0. The highest BCUT2D eigenvalue weighted by Gasteiger charge is 2.35. The summed E-state index contributed by atoms with van der Waals surface area (Å²) in [6, 6.07) is 5.78. The number of nitrogens with zero attached hydrogens (tertiary/aromatic N) is 6. The van der Waals surface area contributed by atoms with Gasteiger partial charge in [-0.15, -0.1) is 0 Å². The molecule has 3 saturated carbocycles. The van der Waals surface area contributed by atoms with Crippen LogP contribution in [0.15, 0.2) is 41.3 Å². The molecule has 6 aromatic heterocycles. The molecule has 14 heteroatoms. The summed E-state index contributed by atoms with van der Waals surface area (Å²) in [6.07, 6.45) is 12.4. The van der Waals surface area contributed by atoms with Crippen molar-refractivity contribution in [2.75, 3.05) is 25.6 Å². The van der Waals surface area contributed by atoms with Crippen LogP contribution in [0.2, 0.25) is 0 Å². The predicted molar refractivity (Wildman–Crippen MR) is 220 cm³/mol. The quantitative estimate of drug-likeness (QED) is 0.110. The lowest BCUT2D eigenvalue weighted by molar-refractivity contribution is 0.0517. The second-order valence-electron chi connectivity index (χ2n) is 15.1. The molecule has 0 aliphatic heterocycles. The number of aromatic nitrogens is 6. The number of aryl methyl sites for hydroxylation is 4. The minimum atomic E-state index is -0.303. The van der Waals surface area contributed by atoms with Gasteiger partial charge < -0.3 is 19.9 Å². The number of fused-ring (bicyclic) bond motifs is 3. The van der Waals surface area contributed by atoms with E-state index >= 15 is 0 Å². The molecule has 0 radical (unpaired) electrons. The molecule has 3 fully saturated rings. The minimum absolute atomic E-state index is 0.248. The van der Waals surface area contributed by atoms with Crippen molar-refractivity contribution >= 4 is 56.1 Å². The number of halogens is 1. The van der Waals surface area contributed by atoms with Gasteiger partial charge in [0.1, 0.15) is 16.7 Å². The second kappa shape index (κ2) is 16.3. The summed E-state index contributed by atoms with van der Waals surface area (Å²) in [5.41, 5.74) is 17.9.